The van der Waals surface area contributed by atoms with Crippen molar-refractivity contribution in [1.82, 2.24) is 40.2 Å². The number of benzene rings is 1. The molecule has 1 amide bonds. The molecule has 0 N–H and O–H groups in total. The van der Waals surface area contributed by atoms with E-state index in [9.17, 15) is 13.6 Å². The molecule has 1 aromatic carbocycles. The van der Waals surface area contributed by atoms with E-state index in [4.69, 9.17) is 4.74 Å². The molecule has 1 aliphatic rings. The lowest BCUT2D eigenvalue weighted by atomic mass is 10.0. The van der Waals surface area contributed by atoms with E-state index >= 15 is 0 Å². The molecule has 1 atom stereocenters. The smallest absolute Gasteiger partial charge is 0.414 e. The minimum absolute atomic E-state index is 0.0598. The van der Waals surface area contributed by atoms with E-state index in [1.54, 1.807) is 19.3 Å². The van der Waals surface area contributed by atoms with Crippen LogP contribution in [0, 0.1) is 11.6 Å². The minimum atomic E-state index is -0.831. The zero-order valence-electron chi connectivity index (χ0n) is 16.6. The first-order valence-corrected chi connectivity index (χ1v) is 9.50. The normalized spacial score (nSPS) is 15.9. The average molecular weight is 439 g/mol. The minimum Gasteiger partial charge on any atom is -0.442 e. The van der Waals surface area contributed by atoms with Crippen molar-refractivity contribution in [3.8, 4) is 22.6 Å². The summed E-state index contributed by atoms with van der Waals surface area (Å²) < 4.78 is 38.1. The number of carbonyl (C=O) groups excluding carboxylic acids is 1. The van der Waals surface area contributed by atoms with Gasteiger partial charge in [-0.1, -0.05) is 11.3 Å². The van der Waals surface area contributed by atoms with Crippen molar-refractivity contribution in [3.63, 3.8) is 0 Å². The number of ether oxygens (including phenoxy) is 1. The maximum absolute atomic E-state index is 14.9. The topological polar surface area (TPSA) is 117 Å². The molecule has 0 aliphatic carbocycles. The summed E-state index contributed by atoms with van der Waals surface area (Å²) in [6, 6.07) is 5.28. The van der Waals surface area contributed by atoms with E-state index in [0.29, 0.717) is 11.5 Å². The number of halogens is 2. The lowest BCUT2D eigenvalue weighted by Crippen LogP contribution is -2.26. The molecular weight excluding hydrogens is 424 g/mol. The van der Waals surface area contributed by atoms with Gasteiger partial charge in [-0.15, -0.1) is 10.2 Å². The Hall–Kier alpha value is -4.29. The second kappa shape index (κ2) is 7.76. The summed E-state index contributed by atoms with van der Waals surface area (Å²) in [4.78, 5) is 17.6. The Kier molecular flexibility index (Phi) is 4.77. The quantitative estimate of drug-likeness (QED) is 0.462. The van der Waals surface area contributed by atoms with Crippen LogP contribution in [0.1, 0.15) is 0 Å². The van der Waals surface area contributed by atoms with Gasteiger partial charge in [0.2, 0.25) is 0 Å². The van der Waals surface area contributed by atoms with E-state index in [0.717, 1.165) is 12.1 Å². The van der Waals surface area contributed by atoms with E-state index in [1.807, 2.05) is 0 Å². The first kappa shape index (κ1) is 19.7. The second-order valence-corrected chi connectivity index (χ2v) is 7.08. The highest BCUT2D eigenvalue weighted by Crippen LogP contribution is 2.32. The van der Waals surface area contributed by atoms with Gasteiger partial charge in [0.15, 0.2) is 5.82 Å². The summed E-state index contributed by atoms with van der Waals surface area (Å²) in [5.74, 6) is -1.24. The fourth-order valence-corrected chi connectivity index (χ4v) is 3.48. The molecule has 1 saturated heterocycles. The molecule has 0 spiro atoms. The Balaban J connectivity index is 1.39. The molecule has 1 fully saturated rings. The van der Waals surface area contributed by atoms with Gasteiger partial charge in [-0.05, 0) is 28.6 Å². The van der Waals surface area contributed by atoms with Crippen LogP contribution in [0.3, 0.4) is 0 Å². The zero-order valence-corrected chi connectivity index (χ0v) is 16.6. The number of carbonyl (C=O) groups is 1. The van der Waals surface area contributed by atoms with Crippen molar-refractivity contribution in [2.75, 3.05) is 11.4 Å². The molecule has 32 heavy (non-hydrogen) atoms. The molecule has 3 aromatic heterocycles. The molecule has 11 nitrogen and oxygen atoms in total. The molecule has 4 aromatic rings. The largest absolute Gasteiger partial charge is 0.442 e. The monoisotopic (exact) mass is 439 g/mol. The Morgan fingerprint density at radius 3 is 2.62 bits per heavy atom. The van der Waals surface area contributed by atoms with Crippen LogP contribution >= 0.6 is 0 Å². The van der Waals surface area contributed by atoms with Crippen molar-refractivity contribution in [2.24, 2.45) is 7.05 Å². The first-order valence-electron chi connectivity index (χ1n) is 9.50. The molecule has 162 valence electrons. The number of aromatic nitrogens is 8. The molecule has 0 radical (unpaired) electrons. The lowest BCUT2D eigenvalue weighted by molar-refractivity contribution is 0.129. The predicted octanol–water partition coefficient (Wildman–Crippen LogP) is 1.83. The Bertz CT molecular complexity index is 1250. The van der Waals surface area contributed by atoms with Crippen LogP contribution in [0.15, 0.2) is 42.9 Å². The Labute approximate surface area is 179 Å². The number of rotatable bonds is 5. The van der Waals surface area contributed by atoms with Gasteiger partial charge >= 0.3 is 6.09 Å². The van der Waals surface area contributed by atoms with Gasteiger partial charge in [-0.3, -0.25) is 9.88 Å². The van der Waals surface area contributed by atoms with Crippen LogP contribution in [0.5, 0.6) is 0 Å². The highest BCUT2D eigenvalue weighted by molar-refractivity contribution is 5.90. The number of pyridine rings is 1. The Morgan fingerprint density at radius 1 is 1.19 bits per heavy atom. The summed E-state index contributed by atoms with van der Waals surface area (Å²) in [7, 11) is 1.66. The van der Waals surface area contributed by atoms with E-state index in [2.05, 4.69) is 30.8 Å². The SMILES string of the molecule is Cn1nnnc1-c1ccc(-c2c(F)cc(N3CC(Cn4ccnn4)OC3=O)cc2F)cn1. The second-order valence-electron chi connectivity index (χ2n) is 7.08. The number of hydrogen-bond donors (Lipinski definition) is 0. The Morgan fingerprint density at radius 2 is 2.00 bits per heavy atom. The van der Waals surface area contributed by atoms with Gasteiger partial charge in [-0.2, -0.15) is 0 Å². The van der Waals surface area contributed by atoms with Gasteiger partial charge in [-0.25, -0.2) is 22.9 Å². The summed E-state index contributed by atoms with van der Waals surface area (Å²) >= 11 is 0. The van der Waals surface area contributed by atoms with Gasteiger partial charge in [0.1, 0.15) is 23.4 Å². The van der Waals surface area contributed by atoms with E-state index in [1.165, 1.54) is 32.7 Å². The molecule has 4 heterocycles. The number of tetrazole rings is 1. The van der Waals surface area contributed by atoms with Crippen LogP contribution < -0.4 is 4.90 Å². The van der Waals surface area contributed by atoms with Crippen molar-refractivity contribution in [1.29, 1.82) is 0 Å². The maximum Gasteiger partial charge on any atom is 0.414 e. The van der Waals surface area contributed by atoms with Gasteiger partial charge in [0.05, 0.1) is 30.5 Å². The van der Waals surface area contributed by atoms with Crippen molar-refractivity contribution >= 4 is 11.8 Å². The highest BCUT2D eigenvalue weighted by atomic mass is 19.1. The van der Waals surface area contributed by atoms with E-state index < -0.39 is 23.8 Å². The molecule has 1 unspecified atom stereocenters. The third-order valence-corrected chi connectivity index (χ3v) is 4.98. The van der Waals surface area contributed by atoms with E-state index in [-0.39, 0.29) is 29.9 Å². The molecular formula is C19H15F2N9O2. The molecule has 13 heteroatoms. The number of aryl methyl sites for hydroxylation is 1. The predicted molar refractivity (Wildman–Crippen MR) is 105 cm³/mol. The first-order chi connectivity index (χ1) is 15.5. The summed E-state index contributed by atoms with van der Waals surface area (Å²) in [6.45, 7) is 0.406. The third kappa shape index (κ3) is 3.53. The number of hydrogen-bond acceptors (Lipinski definition) is 8. The van der Waals surface area contributed by atoms with Crippen LogP contribution in [0.4, 0.5) is 19.3 Å². The fraction of sp³-hybridized carbons (Fsp3) is 0.211. The molecule has 0 bridgehead atoms. The maximum atomic E-state index is 14.9. The molecule has 1 aliphatic heterocycles. The number of amides is 1. The standard InChI is InChI=1S/C19H15F2N9O2/c1-28-18(24-25-27-28)16-3-2-11(8-22-16)17-14(20)6-12(7-15(17)21)30-10-13(32-19(30)31)9-29-5-4-23-26-29/h2-8,13H,9-10H2,1H3. The van der Waals surface area contributed by atoms with Crippen LogP contribution in [-0.2, 0) is 18.3 Å². The van der Waals surface area contributed by atoms with Crippen molar-refractivity contribution < 1.29 is 18.3 Å². The molecule has 0 saturated carbocycles. The summed E-state index contributed by atoms with van der Waals surface area (Å²) in [5, 5.41) is 18.6. The van der Waals surface area contributed by atoms with Gasteiger partial charge in [0.25, 0.3) is 0 Å². The number of cyclic esters (lactones) is 1. The van der Waals surface area contributed by atoms with Crippen molar-refractivity contribution in [3.05, 3.63) is 54.5 Å². The van der Waals surface area contributed by atoms with Crippen LogP contribution in [0.2, 0.25) is 0 Å². The van der Waals surface area contributed by atoms with Crippen LogP contribution in [-0.4, -0.2) is 58.9 Å². The number of nitrogens with zero attached hydrogens (tertiary/aromatic N) is 9. The van der Waals surface area contributed by atoms with Crippen molar-refractivity contribution in [2.45, 2.75) is 12.6 Å². The lowest BCUT2D eigenvalue weighted by Gasteiger charge is -2.15. The fourth-order valence-electron chi connectivity index (χ4n) is 3.48. The highest BCUT2D eigenvalue weighted by Gasteiger charge is 2.33. The number of anilines is 1. The zero-order chi connectivity index (χ0) is 22.2. The molecule has 5 rings (SSSR count). The summed E-state index contributed by atoms with van der Waals surface area (Å²) in [6.07, 6.45) is 3.25. The average Bonchev–Trinajstić information content (AvgIpc) is 3.50. The van der Waals surface area contributed by atoms with Gasteiger partial charge < -0.3 is 4.74 Å². The van der Waals surface area contributed by atoms with Gasteiger partial charge in [0, 0.05) is 25.0 Å². The summed E-state index contributed by atoms with van der Waals surface area (Å²) in [5.41, 5.74) is 0.496. The van der Waals surface area contributed by atoms with Crippen LogP contribution in [0.25, 0.3) is 22.6 Å². The third-order valence-electron chi connectivity index (χ3n) is 4.98.